The summed E-state index contributed by atoms with van der Waals surface area (Å²) in [5.41, 5.74) is 1.11. The molecule has 0 radical (unpaired) electrons. The molecule has 0 unspecified atom stereocenters. The predicted molar refractivity (Wildman–Crippen MR) is 74.3 cm³/mol. The maximum Gasteiger partial charge on any atom is 0.330 e. The van der Waals surface area contributed by atoms with Crippen molar-refractivity contribution in [3.63, 3.8) is 0 Å². The van der Waals surface area contributed by atoms with Gasteiger partial charge < -0.3 is 20.1 Å². The summed E-state index contributed by atoms with van der Waals surface area (Å²) >= 11 is 0. The Morgan fingerprint density at radius 1 is 1.25 bits per heavy atom. The second kappa shape index (κ2) is 4.77. The third kappa shape index (κ3) is 2.14. The van der Waals surface area contributed by atoms with E-state index < -0.39 is 12.0 Å². The Balaban J connectivity index is 2.06. The van der Waals surface area contributed by atoms with Crippen LogP contribution in [-0.2, 0) is 11.3 Å². The number of aliphatic hydroxyl groups is 1. The van der Waals surface area contributed by atoms with Gasteiger partial charge in [0.05, 0.1) is 10.6 Å². The number of benzene rings is 1. The number of nitrogens with one attached hydrogen (secondary N) is 1. The summed E-state index contributed by atoms with van der Waals surface area (Å²) in [5.74, 6) is -1.11. The van der Waals surface area contributed by atoms with Crippen LogP contribution < -0.4 is 15.9 Å². The van der Waals surface area contributed by atoms with Gasteiger partial charge in [0.1, 0.15) is 6.04 Å². The third-order valence-electron chi connectivity index (χ3n) is 3.34. The van der Waals surface area contributed by atoms with Crippen LogP contribution in [0.4, 0.5) is 0 Å². The van der Waals surface area contributed by atoms with Crippen LogP contribution >= 0.6 is 0 Å². The number of hydrogen-bond acceptors (Lipinski definition) is 3. The lowest BCUT2D eigenvalue weighted by atomic mass is 10.2. The topological polar surface area (TPSA) is 74.5 Å². The van der Waals surface area contributed by atoms with E-state index in [2.05, 4.69) is 5.32 Å². The first-order valence-corrected chi connectivity index (χ1v) is 6.28. The van der Waals surface area contributed by atoms with Gasteiger partial charge in [-0.05, 0) is 17.7 Å². The number of aliphatic hydroxyl groups excluding tert-OH is 1. The second-order valence-electron chi connectivity index (χ2n) is 4.70. The van der Waals surface area contributed by atoms with Crippen molar-refractivity contribution >= 4 is 17.9 Å². The van der Waals surface area contributed by atoms with Crippen molar-refractivity contribution in [1.29, 1.82) is 0 Å². The van der Waals surface area contributed by atoms with Gasteiger partial charge in [-0.3, -0.25) is 0 Å². The molecule has 20 heavy (non-hydrogen) atoms. The molecule has 2 aromatic rings. The molecule has 102 valence electrons. The Morgan fingerprint density at radius 3 is 2.70 bits per heavy atom. The molecule has 0 spiro atoms. The predicted octanol–water partition coefficient (Wildman–Crippen LogP) is -0.00300. The Bertz CT molecular complexity index is 762. The molecule has 1 aromatic carbocycles. The summed E-state index contributed by atoms with van der Waals surface area (Å²) in [6.07, 6.45) is 3.45. The number of carbonyl (C=O) groups is 1. The van der Waals surface area contributed by atoms with E-state index in [1.165, 1.54) is 0 Å². The summed E-state index contributed by atoms with van der Waals surface area (Å²) in [6.45, 7) is 0.631. The number of carboxylic acids is 1. The van der Waals surface area contributed by atoms with Crippen LogP contribution in [0.1, 0.15) is 5.56 Å². The minimum atomic E-state index is -1.02. The average Bonchev–Trinajstić information content (AvgIpc) is 2.84. The highest BCUT2D eigenvalue weighted by molar-refractivity contribution is 5.82. The number of rotatable bonds is 3. The fourth-order valence-electron chi connectivity index (χ4n) is 2.35. The molecule has 3 N–H and O–H groups in total. The molecule has 1 aromatic heterocycles. The van der Waals surface area contributed by atoms with Crippen LogP contribution in [0, 0.1) is 0 Å². The van der Waals surface area contributed by atoms with E-state index in [0.29, 0.717) is 11.8 Å². The van der Waals surface area contributed by atoms with Gasteiger partial charge >= 0.3 is 5.97 Å². The normalized spacial score (nSPS) is 17.0. The van der Waals surface area contributed by atoms with Gasteiger partial charge in [0, 0.05) is 12.7 Å². The molecule has 5 nitrogen and oxygen atoms in total. The maximum atomic E-state index is 11.1. The van der Waals surface area contributed by atoms with Crippen LogP contribution in [0.15, 0.2) is 42.6 Å². The summed E-state index contributed by atoms with van der Waals surface area (Å²) in [5, 5.41) is 22.8. The van der Waals surface area contributed by atoms with Crippen molar-refractivity contribution in [3.8, 4) is 0 Å². The molecule has 0 saturated carbocycles. The van der Waals surface area contributed by atoms with Gasteiger partial charge in [-0.2, -0.15) is 0 Å². The van der Waals surface area contributed by atoms with Crippen LogP contribution in [0.2, 0.25) is 0 Å². The summed E-state index contributed by atoms with van der Waals surface area (Å²) < 4.78 is 1.93. The fraction of sp³-hybridized carbons (Fsp3) is 0.133. The number of fused-ring (bicyclic) bond motifs is 1. The molecule has 3 rings (SSSR count). The molecule has 1 aliphatic heterocycles. The van der Waals surface area contributed by atoms with E-state index >= 15 is 0 Å². The van der Waals surface area contributed by atoms with Crippen molar-refractivity contribution in [2.24, 2.45) is 0 Å². The minimum Gasteiger partial charge on any atom is -0.494 e. The second-order valence-corrected chi connectivity index (χ2v) is 4.70. The molecule has 0 saturated heterocycles. The molecule has 0 fully saturated rings. The van der Waals surface area contributed by atoms with E-state index in [1.807, 2.05) is 41.1 Å². The van der Waals surface area contributed by atoms with Gasteiger partial charge in [0.25, 0.3) is 0 Å². The average molecular weight is 270 g/mol. The monoisotopic (exact) mass is 270 g/mol. The molecule has 2 heterocycles. The van der Waals surface area contributed by atoms with Gasteiger partial charge in [-0.15, -0.1) is 0 Å². The molecule has 0 bridgehead atoms. The Labute approximate surface area is 115 Å². The van der Waals surface area contributed by atoms with E-state index in [4.69, 9.17) is 5.11 Å². The highest BCUT2D eigenvalue weighted by Crippen LogP contribution is 2.01. The highest BCUT2D eigenvalue weighted by atomic mass is 16.4. The van der Waals surface area contributed by atoms with Gasteiger partial charge in [-0.25, -0.2) is 4.79 Å². The number of carboxylic acid groups (broad SMARTS) is 1. The van der Waals surface area contributed by atoms with Crippen LogP contribution in [0.25, 0.3) is 12.0 Å². The number of aromatic nitrogens is 1. The molecular weight excluding hydrogens is 256 g/mol. The summed E-state index contributed by atoms with van der Waals surface area (Å²) in [6, 6.07) is 10.7. The number of nitrogens with zero attached hydrogens (tertiary/aromatic N) is 1. The van der Waals surface area contributed by atoms with Crippen molar-refractivity contribution in [2.45, 2.75) is 12.6 Å². The lowest BCUT2D eigenvalue weighted by Crippen LogP contribution is -2.47. The molecule has 5 heteroatoms. The Hall–Kier alpha value is -2.69. The summed E-state index contributed by atoms with van der Waals surface area (Å²) in [4.78, 5) is 11.1. The first kappa shape index (κ1) is 12.3. The molecular formula is C15H14N2O3. The van der Waals surface area contributed by atoms with Crippen molar-refractivity contribution < 1.29 is 15.0 Å². The zero-order valence-electron chi connectivity index (χ0n) is 10.7. The minimum absolute atomic E-state index is 0.0956. The van der Waals surface area contributed by atoms with Crippen molar-refractivity contribution in [3.05, 3.63) is 58.7 Å². The van der Waals surface area contributed by atoms with Crippen molar-refractivity contribution in [2.75, 3.05) is 0 Å². The fourth-order valence-corrected chi connectivity index (χ4v) is 2.35. The SMILES string of the molecule is O=C(O)[C@@H]1C=c2c(ccn2Cc2ccccc2)=C(O)N1. The standard InChI is InChI=1S/C15H14N2O3/c18-14-11-6-7-17(9-10-4-2-1-3-5-10)13(11)8-12(16-14)15(19)20/h1-8,12,16,18H,9H2,(H,19,20)/t12-/m0/s1. The van der Waals surface area contributed by atoms with Crippen LogP contribution in [-0.4, -0.2) is 26.8 Å². The largest absolute Gasteiger partial charge is 0.494 e. The Morgan fingerprint density at radius 2 is 2.00 bits per heavy atom. The van der Waals surface area contributed by atoms with Crippen molar-refractivity contribution in [1.82, 2.24) is 9.88 Å². The quantitative estimate of drug-likeness (QED) is 0.734. The molecule has 1 atom stereocenters. The lowest BCUT2D eigenvalue weighted by molar-refractivity contribution is -0.137. The van der Waals surface area contributed by atoms with E-state index in [-0.39, 0.29) is 5.88 Å². The number of hydrogen-bond donors (Lipinski definition) is 3. The third-order valence-corrected chi connectivity index (χ3v) is 3.34. The maximum absolute atomic E-state index is 11.1. The molecule has 1 aliphatic rings. The summed E-state index contributed by atoms with van der Waals surface area (Å²) in [7, 11) is 0. The first-order valence-electron chi connectivity index (χ1n) is 6.28. The highest BCUT2D eigenvalue weighted by Gasteiger charge is 2.20. The van der Waals surface area contributed by atoms with E-state index in [0.717, 1.165) is 10.9 Å². The number of aliphatic carboxylic acids is 1. The molecule has 0 aliphatic carbocycles. The zero-order chi connectivity index (χ0) is 14.1. The zero-order valence-corrected chi connectivity index (χ0v) is 10.7. The molecule has 0 amide bonds. The Kier molecular flexibility index (Phi) is 2.95. The van der Waals surface area contributed by atoms with Gasteiger partial charge in [0.15, 0.2) is 5.88 Å². The lowest BCUT2D eigenvalue weighted by Gasteiger charge is -2.15. The van der Waals surface area contributed by atoms with Gasteiger partial charge in [0.2, 0.25) is 0 Å². The smallest absolute Gasteiger partial charge is 0.330 e. The van der Waals surface area contributed by atoms with Gasteiger partial charge in [-0.1, -0.05) is 30.3 Å². The van der Waals surface area contributed by atoms with Crippen LogP contribution in [0.5, 0.6) is 0 Å². The van der Waals surface area contributed by atoms with E-state index in [9.17, 15) is 9.90 Å². The first-order chi connectivity index (χ1) is 9.65. The van der Waals surface area contributed by atoms with Crippen LogP contribution in [0.3, 0.4) is 0 Å². The van der Waals surface area contributed by atoms with E-state index in [1.54, 1.807) is 12.1 Å².